The van der Waals surface area contributed by atoms with Crippen molar-refractivity contribution in [2.75, 3.05) is 45.8 Å². The van der Waals surface area contributed by atoms with Crippen LogP contribution in [-0.2, 0) is 11.3 Å². The van der Waals surface area contributed by atoms with Gasteiger partial charge >= 0.3 is 0 Å². The number of carbonyl (C=O) groups is 1. The van der Waals surface area contributed by atoms with Crippen LogP contribution < -0.4 is 0 Å². The lowest BCUT2D eigenvalue weighted by Gasteiger charge is -2.37. The minimum Gasteiger partial charge on any atom is -0.339 e. The Kier molecular flexibility index (Phi) is 6.25. The number of likely N-dealkylation sites (tertiary alicyclic amines) is 1. The molecule has 7 heteroatoms. The fraction of sp³-hybridized carbons (Fsp3) is 0.591. The van der Waals surface area contributed by atoms with Crippen molar-refractivity contribution >= 4 is 5.91 Å². The van der Waals surface area contributed by atoms with E-state index in [1.807, 2.05) is 11.8 Å². The van der Waals surface area contributed by atoms with Crippen molar-refractivity contribution < 1.29 is 9.32 Å². The highest BCUT2D eigenvalue weighted by Crippen LogP contribution is 2.25. The molecule has 0 radical (unpaired) electrons. The molecule has 1 amide bonds. The van der Waals surface area contributed by atoms with Crippen LogP contribution in [-0.4, -0.2) is 76.6 Å². The molecule has 0 bridgehead atoms. The molecule has 156 valence electrons. The summed E-state index contributed by atoms with van der Waals surface area (Å²) in [7, 11) is 0. The molecule has 2 saturated heterocycles. The molecule has 2 aliphatic rings. The van der Waals surface area contributed by atoms with E-state index in [2.05, 4.69) is 51.1 Å². The average molecular weight is 398 g/mol. The Labute approximate surface area is 172 Å². The van der Waals surface area contributed by atoms with Crippen LogP contribution in [0.4, 0.5) is 0 Å². The van der Waals surface area contributed by atoms with Gasteiger partial charge in [-0.05, 0) is 38.8 Å². The van der Waals surface area contributed by atoms with Crippen molar-refractivity contribution in [3.63, 3.8) is 0 Å². The third kappa shape index (κ3) is 5.22. The van der Waals surface area contributed by atoms with Crippen molar-refractivity contribution in [2.24, 2.45) is 0 Å². The van der Waals surface area contributed by atoms with Crippen molar-refractivity contribution in [3.8, 4) is 0 Å². The highest BCUT2D eigenvalue weighted by atomic mass is 16.5. The Morgan fingerprint density at radius 1 is 1.14 bits per heavy atom. The van der Waals surface area contributed by atoms with E-state index in [1.165, 1.54) is 11.1 Å². The maximum atomic E-state index is 12.8. The third-order valence-corrected chi connectivity index (χ3v) is 5.97. The molecule has 0 N–H and O–H groups in total. The Morgan fingerprint density at radius 2 is 1.97 bits per heavy atom. The molecule has 0 saturated carbocycles. The van der Waals surface area contributed by atoms with Crippen LogP contribution in [0.2, 0.25) is 0 Å². The molecule has 1 unspecified atom stereocenters. The number of amides is 1. The second kappa shape index (κ2) is 9.05. The molecule has 7 nitrogen and oxygen atoms in total. The zero-order valence-corrected chi connectivity index (χ0v) is 17.5. The van der Waals surface area contributed by atoms with Crippen molar-refractivity contribution in [1.82, 2.24) is 24.8 Å². The van der Waals surface area contributed by atoms with Gasteiger partial charge in [0.05, 0.1) is 12.5 Å². The number of hydrogen-bond acceptors (Lipinski definition) is 6. The van der Waals surface area contributed by atoms with Gasteiger partial charge in [-0.15, -0.1) is 0 Å². The van der Waals surface area contributed by atoms with Crippen molar-refractivity contribution in [3.05, 3.63) is 47.1 Å². The topological polar surface area (TPSA) is 65.7 Å². The van der Waals surface area contributed by atoms with E-state index in [1.54, 1.807) is 0 Å². The third-order valence-electron chi connectivity index (χ3n) is 5.97. The lowest BCUT2D eigenvalue weighted by Crippen LogP contribution is -2.51. The van der Waals surface area contributed by atoms with E-state index in [9.17, 15) is 4.79 Å². The summed E-state index contributed by atoms with van der Waals surface area (Å²) in [5.41, 5.74) is 2.65. The predicted molar refractivity (Wildman–Crippen MR) is 110 cm³/mol. The standard InChI is InChI=1S/C22H31N5O2/c1-17-5-3-6-19(13-17)14-25-9-11-27(12-10-25)21(28)16-26-8-4-7-20(15-26)22-23-18(2)24-29-22/h3,5-6,13,20H,4,7-12,14-16H2,1-2H3. The molecule has 1 aromatic heterocycles. The Balaban J connectivity index is 1.24. The first kappa shape index (κ1) is 20.0. The number of hydrogen-bond donors (Lipinski definition) is 0. The summed E-state index contributed by atoms with van der Waals surface area (Å²) < 4.78 is 5.35. The van der Waals surface area contributed by atoms with E-state index in [4.69, 9.17) is 4.52 Å². The molecular weight excluding hydrogens is 366 g/mol. The average Bonchev–Trinajstić information content (AvgIpc) is 3.15. The lowest BCUT2D eigenvalue weighted by molar-refractivity contribution is -0.134. The predicted octanol–water partition coefficient (Wildman–Crippen LogP) is 2.21. The van der Waals surface area contributed by atoms with Crippen LogP contribution in [0.3, 0.4) is 0 Å². The zero-order chi connectivity index (χ0) is 20.2. The van der Waals surface area contributed by atoms with Gasteiger partial charge in [-0.1, -0.05) is 35.0 Å². The molecule has 2 aromatic rings. The molecule has 0 spiro atoms. The van der Waals surface area contributed by atoms with E-state index in [0.717, 1.165) is 58.7 Å². The maximum Gasteiger partial charge on any atom is 0.236 e. The second-order valence-corrected chi connectivity index (χ2v) is 8.40. The molecule has 2 fully saturated rings. The number of piperazine rings is 1. The van der Waals surface area contributed by atoms with E-state index < -0.39 is 0 Å². The summed E-state index contributed by atoms with van der Waals surface area (Å²) in [6.45, 7) is 10.7. The quantitative estimate of drug-likeness (QED) is 0.771. The van der Waals surface area contributed by atoms with Crippen molar-refractivity contribution in [2.45, 2.75) is 39.2 Å². The second-order valence-electron chi connectivity index (χ2n) is 8.40. The van der Waals surface area contributed by atoms with Gasteiger partial charge in [0.1, 0.15) is 0 Å². The van der Waals surface area contributed by atoms with Crippen LogP contribution >= 0.6 is 0 Å². The molecule has 4 rings (SSSR count). The first-order valence-electron chi connectivity index (χ1n) is 10.6. The first-order valence-corrected chi connectivity index (χ1v) is 10.6. The SMILES string of the molecule is Cc1cccc(CN2CCN(C(=O)CN3CCCC(c4nc(C)no4)C3)CC2)c1. The lowest BCUT2D eigenvalue weighted by atomic mass is 9.98. The number of benzene rings is 1. The molecule has 0 aliphatic carbocycles. The Hall–Kier alpha value is -2.25. The highest BCUT2D eigenvalue weighted by molar-refractivity contribution is 5.78. The van der Waals surface area contributed by atoms with Crippen LogP contribution in [0, 0.1) is 13.8 Å². The summed E-state index contributed by atoms with van der Waals surface area (Å²) in [6.07, 6.45) is 2.10. The van der Waals surface area contributed by atoms with Crippen molar-refractivity contribution in [1.29, 1.82) is 0 Å². The Bertz CT molecular complexity index is 828. The summed E-state index contributed by atoms with van der Waals surface area (Å²) in [5.74, 6) is 1.87. The number of carbonyl (C=O) groups excluding carboxylic acids is 1. The maximum absolute atomic E-state index is 12.8. The molecule has 29 heavy (non-hydrogen) atoms. The zero-order valence-electron chi connectivity index (χ0n) is 17.5. The summed E-state index contributed by atoms with van der Waals surface area (Å²) >= 11 is 0. The van der Waals surface area contributed by atoms with Gasteiger partial charge in [0.2, 0.25) is 11.8 Å². The summed E-state index contributed by atoms with van der Waals surface area (Å²) in [5, 5.41) is 3.91. The molecule has 1 aromatic carbocycles. The highest BCUT2D eigenvalue weighted by Gasteiger charge is 2.28. The van der Waals surface area contributed by atoms with Crippen LogP contribution in [0.1, 0.15) is 41.6 Å². The van der Waals surface area contributed by atoms with E-state index in [-0.39, 0.29) is 11.8 Å². The van der Waals surface area contributed by atoms with E-state index in [0.29, 0.717) is 18.3 Å². The minimum atomic E-state index is 0.238. The largest absolute Gasteiger partial charge is 0.339 e. The smallest absolute Gasteiger partial charge is 0.236 e. The van der Waals surface area contributed by atoms with Gasteiger partial charge in [0.25, 0.3) is 0 Å². The fourth-order valence-corrected chi connectivity index (χ4v) is 4.40. The molecule has 1 atom stereocenters. The van der Waals surface area contributed by atoms with Gasteiger partial charge in [0.15, 0.2) is 5.82 Å². The van der Waals surface area contributed by atoms with Gasteiger partial charge in [-0.25, -0.2) is 0 Å². The Morgan fingerprint density at radius 3 is 2.69 bits per heavy atom. The van der Waals surface area contributed by atoms with Crippen LogP contribution in [0.25, 0.3) is 0 Å². The number of piperidine rings is 1. The molecule has 2 aliphatic heterocycles. The molecule has 3 heterocycles. The van der Waals surface area contributed by atoms with Crippen LogP contribution in [0.5, 0.6) is 0 Å². The van der Waals surface area contributed by atoms with Gasteiger partial charge in [0, 0.05) is 39.3 Å². The number of aryl methyl sites for hydroxylation is 2. The minimum absolute atomic E-state index is 0.238. The molecular formula is C22H31N5O2. The van der Waals surface area contributed by atoms with E-state index >= 15 is 0 Å². The first-order chi connectivity index (χ1) is 14.1. The van der Waals surface area contributed by atoms with Gasteiger partial charge in [-0.2, -0.15) is 4.98 Å². The number of nitrogens with zero attached hydrogens (tertiary/aromatic N) is 5. The number of aromatic nitrogens is 2. The number of rotatable bonds is 5. The normalized spacial score (nSPS) is 21.4. The van der Waals surface area contributed by atoms with Crippen LogP contribution in [0.15, 0.2) is 28.8 Å². The monoisotopic (exact) mass is 397 g/mol. The summed E-state index contributed by atoms with van der Waals surface area (Å²) in [6, 6.07) is 8.67. The fourth-order valence-electron chi connectivity index (χ4n) is 4.40. The van der Waals surface area contributed by atoms with Gasteiger partial charge in [-0.3, -0.25) is 14.6 Å². The summed E-state index contributed by atoms with van der Waals surface area (Å²) in [4.78, 5) is 23.9. The van der Waals surface area contributed by atoms with Gasteiger partial charge < -0.3 is 9.42 Å².